The highest BCUT2D eigenvalue weighted by Gasteiger charge is 2.43. The number of carbonyl (C=O) groups is 1. The van der Waals surface area contributed by atoms with Gasteiger partial charge in [0.1, 0.15) is 5.69 Å². The van der Waals surface area contributed by atoms with Gasteiger partial charge in [-0.3, -0.25) is 9.78 Å². The molecule has 1 aromatic heterocycles. The largest absolute Gasteiger partial charge is 0.333 e. The molecule has 0 spiro atoms. The molecule has 2 atom stereocenters. The summed E-state index contributed by atoms with van der Waals surface area (Å²) in [7, 11) is 2.14. The molecule has 2 saturated heterocycles. The summed E-state index contributed by atoms with van der Waals surface area (Å²) < 4.78 is 0. The maximum Gasteiger partial charge on any atom is 0.274 e. The highest BCUT2D eigenvalue weighted by molar-refractivity contribution is 5.92. The van der Waals surface area contributed by atoms with Gasteiger partial charge in [-0.2, -0.15) is 0 Å². The van der Waals surface area contributed by atoms with E-state index in [9.17, 15) is 4.79 Å². The molecule has 2 aliphatic rings. The summed E-state index contributed by atoms with van der Waals surface area (Å²) in [6.45, 7) is 1.93. The predicted octanol–water partition coefficient (Wildman–Crippen LogP) is 0.395. The van der Waals surface area contributed by atoms with Crippen LogP contribution >= 0.6 is 0 Å². The van der Waals surface area contributed by atoms with Crippen LogP contribution in [0.5, 0.6) is 0 Å². The second-order valence-electron chi connectivity index (χ2n) is 4.78. The molecule has 2 fully saturated rings. The van der Waals surface area contributed by atoms with Gasteiger partial charge in [0.15, 0.2) is 0 Å². The van der Waals surface area contributed by atoms with Crippen LogP contribution in [0.25, 0.3) is 0 Å². The van der Waals surface area contributed by atoms with Gasteiger partial charge in [-0.25, -0.2) is 4.98 Å². The van der Waals surface area contributed by atoms with Crippen LogP contribution in [-0.4, -0.2) is 57.9 Å². The number of nitrogens with zero attached hydrogens (tertiary/aromatic N) is 4. The Kier molecular flexibility index (Phi) is 2.55. The Hall–Kier alpha value is -1.49. The lowest BCUT2D eigenvalue weighted by Gasteiger charge is -2.23. The third-order valence-electron chi connectivity index (χ3n) is 3.90. The summed E-state index contributed by atoms with van der Waals surface area (Å²) >= 11 is 0. The summed E-state index contributed by atoms with van der Waals surface area (Å²) in [5.41, 5.74) is 0.461. The summed E-state index contributed by atoms with van der Waals surface area (Å²) in [6, 6.07) is 0.908. The van der Waals surface area contributed by atoms with Gasteiger partial charge in [0.25, 0.3) is 5.91 Å². The number of hydrogen-bond donors (Lipinski definition) is 0. The van der Waals surface area contributed by atoms with Crippen LogP contribution in [0.15, 0.2) is 18.6 Å². The fourth-order valence-corrected chi connectivity index (χ4v) is 3.01. The topological polar surface area (TPSA) is 49.3 Å². The molecular weight excluding hydrogens is 216 g/mol. The molecule has 5 heteroatoms. The lowest BCUT2D eigenvalue weighted by molar-refractivity contribution is 0.0727. The van der Waals surface area contributed by atoms with Gasteiger partial charge in [-0.15, -0.1) is 0 Å². The van der Waals surface area contributed by atoms with Gasteiger partial charge in [0, 0.05) is 37.6 Å². The van der Waals surface area contributed by atoms with Gasteiger partial charge in [-0.1, -0.05) is 0 Å². The Morgan fingerprint density at radius 2 is 2.12 bits per heavy atom. The first-order valence-corrected chi connectivity index (χ1v) is 6.04. The lowest BCUT2D eigenvalue weighted by Crippen LogP contribution is -2.39. The number of carbonyl (C=O) groups excluding carboxylic acids is 1. The first-order chi connectivity index (χ1) is 8.27. The fourth-order valence-electron chi connectivity index (χ4n) is 3.01. The van der Waals surface area contributed by atoms with Crippen LogP contribution in [0, 0.1) is 0 Å². The standard InChI is InChI=1S/C12H16N4O/c1-15-6-2-11-10(15)3-7-16(11)12(17)9-8-13-4-5-14-9/h4-5,8,10-11H,2-3,6-7H2,1H3/t10-,11+/m0/s1. The first-order valence-electron chi connectivity index (χ1n) is 6.04. The maximum absolute atomic E-state index is 12.3. The zero-order valence-corrected chi connectivity index (χ0v) is 9.91. The average Bonchev–Trinajstić information content (AvgIpc) is 2.93. The predicted molar refractivity (Wildman–Crippen MR) is 62.5 cm³/mol. The molecule has 0 radical (unpaired) electrons. The van der Waals surface area contributed by atoms with E-state index < -0.39 is 0 Å². The van der Waals surface area contributed by atoms with Crippen molar-refractivity contribution in [1.29, 1.82) is 0 Å². The molecule has 0 bridgehead atoms. The van der Waals surface area contributed by atoms with E-state index in [1.807, 2.05) is 4.90 Å². The molecule has 1 aromatic rings. The van der Waals surface area contributed by atoms with Gasteiger partial charge < -0.3 is 9.80 Å². The van der Waals surface area contributed by atoms with Crippen LogP contribution in [0.2, 0.25) is 0 Å². The van der Waals surface area contributed by atoms with Gasteiger partial charge in [0.2, 0.25) is 0 Å². The quantitative estimate of drug-likeness (QED) is 0.703. The second-order valence-corrected chi connectivity index (χ2v) is 4.78. The number of likely N-dealkylation sites (tertiary alicyclic amines) is 2. The van der Waals surface area contributed by atoms with Crippen molar-refractivity contribution in [3.63, 3.8) is 0 Å². The Bertz CT molecular complexity index is 422. The molecule has 0 N–H and O–H groups in total. The van der Waals surface area contributed by atoms with Crippen molar-refractivity contribution in [3.05, 3.63) is 24.3 Å². The minimum Gasteiger partial charge on any atom is -0.333 e. The lowest BCUT2D eigenvalue weighted by atomic mass is 10.1. The Labute approximate surface area is 100 Å². The third-order valence-corrected chi connectivity index (χ3v) is 3.90. The van der Waals surface area contributed by atoms with E-state index in [0.717, 1.165) is 25.9 Å². The maximum atomic E-state index is 12.3. The number of fused-ring (bicyclic) bond motifs is 1. The molecule has 0 unspecified atom stereocenters. The van der Waals surface area contributed by atoms with Crippen molar-refractivity contribution < 1.29 is 4.79 Å². The molecule has 0 aliphatic carbocycles. The first kappa shape index (κ1) is 10.7. The van der Waals surface area contributed by atoms with Crippen molar-refractivity contribution in [2.24, 2.45) is 0 Å². The van der Waals surface area contributed by atoms with Gasteiger partial charge >= 0.3 is 0 Å². The zero-order valence-electron chi connectivity index (χ0n) is 9.91. The summed E-state index contributed by atoms with van der Waals surface area (Å²) in [4.78, 5) is 24.7. The van der Waals surface area contributed by atoms with Crippen LogP contribution < -0.4 is 0 Å². The van der Waals surface area contributed by atoms with E-state index in [-0.39, 0.29) is 5.91 Å². The molecule has 17 heavy (non-hydrogen) atoms. The molecule has 0 saturated carbocycles. The molecule has 0 aromatic carbocycles. The highest BCUT2D eigenvalue weighted by atomic mass is 16.2. The average molecular weight is 232 g/mol. The number of hydrogen-bond acceptors (Lipinski definition) is 4. The minimum atomic E-state index is 0.0286. The summed E-state index contributed by atoms with van der Waals surface area (Å²) in [5, 5.41) is 0. The van der Waals surface area contributed by atoms with E-state index in [0.29, 0.717) is 17.8 Å². The Morgan fingerprint density at radius 1 is 1.29 bits per heavy atom. The van der Waals surface area contributed by atoms with E-state index in [4.69, 9.17) is 0 Å². The van der Waals surface area contributed by atoms with Crippen LogP contribution in [0.1, 0.15) is 23.3 Å². The molecule has 2 aliphatic heterocycles. The number of aromatic nitrogens is 2. The van der Waals surface area contributed by atoms with Crippen molar-refractivity contribution in [2.45, 2.75) is 24.9 Å². The highest BCUT2D eigenvalue weighted by Crippen LogP contribution is 2.31. The van der Waals surface area contributed by atoms with Crippen molar-refractivity contribution in [2.75, 3.05) is 20.1 Å². The second kappa shape index (κ2) is 4.07. The molecule has 5 nitrogen and oxygen atoms in total. The Balaban J connectivity index is 1.80. The minimum absolute atomic E-state index is 0.0286. The molecule has 90 valence electrons. The zero-order chi connectivity index (χ0) is 11.8. The van der Waals surface area contributed by atoms with E-state index >= 15 is 0 Å². The van der Waals surface area contributed by atoms with Crippen LogP contribution in [0.4, 0.5) is 0 Å². The van der Waals surface area contributed by atoms with Crippen molar-refractivity contribution in [3.8, 4) is 0 Å². The fraction of sp³-hybridized carbons (Fsp3) is 0.583. The Morgan fingerprint density at radius 3 is 2.88 bits per heavy atom. The van der Waals surface area contributed by atoms with Gasteiger partial charge in [0.05, 0.1) is 6.20 Å². The third kappa shape index (κ3) is 1.70. The summed E-state index contributed by atoms with van der Waals surface area (Å²) in [5.74, 6) is 0.0286. The smallest absolute Gasteiger partial charge is 0.274 e. The SMILES string of the molecule is CN1CC[C@@H]2[C@@H]1CCN2C(=O)c1cnccn1. The van der Waals surface area contributed by atoms with Crippen LogP contribution in [-0.2, 0) is 0 Å². The van der Waals surface area contributed by atoms with E-state index in [2.05, 4.69) is 21.9 Å². The molecule has 3 heterocycles. The van der Waals surface area contributed by atoms with Crippen molar-refractivity contribution in [1.82, 2.24) is 19.8 Å². The van der Waals surface area contributed by atoms with Crippen molar-refractivity contribution >= 4 is 5.91 Å². The van der Waals surface area contributed by atoms with Gasteiger partial charge in [-0.05, 0) is 19.9 Å². The normalized spacial score (nSPS) is 28.4. The number of likely N-dealkylation sites (N-methyl/N-ethyl adjacent to an activating group) is 1. The van der Waals surface area contributed by atoms with E-state index in [1.165, 1.54) is 0 Å². The number of amides is 1. The monoisotopic (exact) mass is 232 g/mol. The summed E-state index contributed by atoms with van der Waals surface area (Å²) in [6.07, 6.45) is 6.86. The van der Waals surface area contributed by atoms with E-state index in [1.54, 1.807) is 18.6 Å². The number of rotatable bonds is 1. The molecule has 3 rings (SSSR count). The molecular formula is C12H16N4O. The van der Waals surface area contributed by atoms with Crippen LogP contribution in [0.3, 0.4) is 0 Å². The molecule has 1 amide bonds.